The third-order valence-electron chi connectivity index (χ3n) is 7.68. The first kappa shape index (κ1) is 24.8. The molecule has 3 amide bonds. The Balaban J connectivity index is 1.25. The Morgan fingerprint density at radius 1 is 0.919 bits per heavy atom. The van der Waals surface area contributed by atoms with Crippen LogP contribution in [0.25, 0.3) is 11.1 Å². The Morgan fingerprint density at radius 2 is 1.49 bits per heavy atom. The summed E-state index contributed by atoms with van der Waals surface area (Å²) >= 11 is 0. The van der Waals surface area contributed by atoms with Gasteiger partial charge in [0, 0.05) is 19.0 Å². The summed E-state index contributed by atoms with van der Waals surface area (Å²) in [5.74, 6) is -1.98. The lowest BCUT2D eigenvalue weighted by molar-refractivity contribution is -0.144. The first-order valence-electron chi connectivity index (χ1n) is 12.8. The van der Waals surface area contributed by atoms with Crippen molar-refractivity contribution >= 4 is 23.9 Å². The first-order valence-corrected chi connectivity index (χ1v) is 12.8. The molecule has 37 heavy (non-hydrogen) atoms. The van der Waals surface area contributed by atoms with Gasteiger partial charge in [0.2, 0.25) is 11.8 Å². The number of amides is 3. The van der Waals surface area contributed by atoms with Crippen molar-refractivity contribution in [1.82, 2.24) is 15.1 Å². The lowest BCUT2D eigenvalue weighted by Gasteiger charge is -2.31. The zero-order chi connectivity index (χ0) is 26.1. The van der Waals surface area contributed by atoms with Crippen molar-refractivity contribution < 1.29 is 29.0 Å². The van der Waals surface area contributed by atoms with Gasteiger partial charge in [-0.05, 0) is 54.9 Å². The summed E-state index contributed by atoms with van der Waals surface area (Å²) in [5.41, 5.74) is 4.52. The highest BCUT2D eigenvalue weighted by Crippen LogP contribution is 2.44. The maximum absolute atomic E-state index is 13.5. The summed E-state index contributed by atoms with van der Waals surface area (Å²) in [6.07, 6.45) is 1.74. The van der Waals surface area contributed by atoms with Gasteiger partial charge in [-0.15, -0.1) is 0 Å². The van der Waals surface area contributed by atoms with Gasteiger partial charge in [0.25, 0.3) is 0 Å². The molecule has 3 atom stereocenters. The number of rotatable bonds is 6. The molecule has 0 spiro atoms. The highest BCUT2D eigenvalue weighted by Gasteiger charge is 2.43. The number of carbonyl (C=O) groups excluding carboxylic acids is 3. The largest absolute Gasteiger partial charge is 0.480 e. The molecule has 2 saturated heterocycles. The highest BCUT2D eigenvalue weighted by atomic mass is 16.6. The Morgan fingerprint density at radius 3 is 2.11 bits per heavy atom. The minimum atomic E-state index is -1.14. The van der Waals surface area contributed by atoms with E-state index in [0.29, 0.717) is 38.8 Å². The van der Waals surface area contributed by atoms with Gasteiger partial charge in [0.05, 0.1) is 0 Å². The van der Waals surface area contributed by atoms with E-state index in [4.69, 9.17) is 9.84 Å². The molecule has 194 valence electrons. The quantitative estimate of drug-likeness (QED) is 0.624. The van der Waals surface area contributed by atoms with Crippen molar-refractivity contribution in [3.05, 3.63) is 59.7 Å². The van der Waals surface area contributed by atoms with E-state index in [1.165, 1.54) is 16.7 Å². The molecule has 9 nitrogen and oxygen atoms in total. The summed E-state index contributed by atoms with van der Waals surface area (Å²) in [5, 5.41) is 11.6. The van der Waals surface area contributed by atoms with E-state index in [-0.39, 0.29) is 18.4 Å². The number of carboxylic acids is 1. The predicted octanol–water partition coefficient (Wildman–Crippen LogP) is 2.98. The average molecular weight is 506 g/mol. The molecule has 2 aromatic rings. The number of ether oxygens (including phenoxy) is 1. The zero-order valence-electron chi connectivity index (χ0n) is 20.8. The third kappa shape index (κ3) is 4.65. The van der Waals surface area contributed by atoms with Crippen molar-refractivity contribution in [2.45, 2.75) is 56.7 Å². The number of aliphatic carboxylic acids is 1. The van der Waals surface area contributed by atoms with E-state index in [1.807, 2.05) is 24.3 Å². The van der Waals surface area contributed by atoms with Crippen LogP contribution in [-0.2, 0) is 19.1 Å². The Hall–Kier alpha value is -3.88. The molecule has 0 unspecified atom stereocenters. The van der Waals surface area contributed by atoms with Gasteiger partial charge < -0.3 is 20.1 Å². The predicted molar refractivity (Wildman–Crippen MR) is 135 cm³/mol. The maximum atomic E-state index is 13.5. The number of benzene rings is 2. The molecule has 5 rings (SSSR count). The molecule has 0 radical (unpaired) electrons. The van der Waals surface area contributed by atoms with Gasteiger partial charge in [-0.3, -0.25) is 19.3 Å². The lowest BCUT2D eigenvalue weighted by Crippen LogP contribution is -2.54. The van der Waals surface area contributed by atoms with Crippen LogP contribution in [0.1, 0.15) is 49.7 Å². The number of carbonyl (C=O) groups is 4. The molecule has 0 aromatic heterocycles. The summed E-state index contributed by atoms with van der Waals surface area (Å²) in [4.78, 5) is 53.4. The number of carboxylic acid groups (broad SMARTS) is 1. The maximum Gasteiger partial charge on any atom is 0.410 e. The molecule has 2 aliphatic heterocycles. The van der Waals surface area contributed by atoms with Crippen LogP contribution >= 0.6 is 0 Å². The number of hydrogen-bond donors (Lipinski definition) is 2. The van der Waals surface area contributed by atoms with Crippen LogP contribution in [0.2, 0.25) is 0 Å². The van der Waals surface area contributed by atoms with Gasteiger partial charge in [0.1, 0.15) is 24.7 Å². The van der Waals surface area contributed by atoms with Crippen LogP contribution < -0.4 is 5.32 Å². The standard InChI is InChI=1S/C28H31N3O6/c1-17(27(34)35)29-25(32)23-12-6-14-30(23)26(33)24-13-7-15-31(24)28(36)37-16-22-20-10-4-2-8-18(20)19-9-3-5-11-21(19)22/h2-5,8-11,17,22-24H,6-7,12-16H2,1H3,(H,29,32)(H,34,35)/t17-,23-,24-/m0/s1. The SMILES string of the molecule is C[C@H](NC(=O)[C@@H]1CCCN1C(=O)[C@@H]1CCCN1C(=O)OCC1c2ccccc2-c2ccccc21)C(=O)O. The molecule has 2 aromatic carbocycles. The molecule has 2 heterocycles. The van der Waals surface area contributed by atoms with Crippen molar-refractivity contribution in [2.75, 3.05) is 19.7 Å². The minimum absolute atomic E-state index is 0.0732. The summed E-state index contributed by atoms with van der Waals surface area (Å²) < 4.78 is 5.79. The average Bonchev–Trinajstić information content (AvgIpc) is 3.65. The van der Waals surface area contributed by atoms with Crippen LogP contribution in [0.4, 0.5) is 4.79 Å². The van der Waals surface area contributed by atoms with E-state index in [0.717, 1.165) is 22.3 Å². The van der Waals surface area contributed by atoms with Crippen molar-refractivity contribution in [2.24, 2.45) is 0 Å². The number of hydrogen-bond acceptors (Lipinski definition) is 5. The Bertz CT molecular complexity index is 1180. The van der Waals surface area contributed by atoms with Crippen molar-refractivity contribution in [3.8, 4) is 11.1 Å². The number of likely N-dealkylation sites (tertiary alicyclic amines) is 2. The van der Waals surface area contributed by atoms with Crippen molar-refractivity contribution in [1.29, 1.82) is 0 Å². The second kappa shape index (κ2) is 10.2. The van der Waals surface area contributed by atoms with Gasteiger partial charge in [-0.25, -0.2) is 4.79 Å². The Labute approximate surface area is 215 Å². The topological polar surface area (TPSA) is 116 Å². The fourth-order valence-electron chi connectivity index (χ4n) is 5.78. The second-order valence-corrected chi connectivity index (χ2v) is 9.91. The molecule has 2 fully saturated rings. The van der Waals surface area contributed by atoms with Crippen LogP contribution in [0.3, 0.4) is 0 Å². The van der Waals surface area contributed by atoms with E-state index in [2.05, 4.69) is 29.6 Å². The van der Waals surface area contributed by atoms with Crippen LogP contribution in [0, 0.1) is 0 Å². The van der Waals surface area contributed by atoms with E-state index >= 15 is 0 Å². The molecular formula is C28H31N3O6. The number of nitrogens with zero attached hydrogens (tertiary/aromatic N) is 2. The lowest BCUT2D eigenvalue weighted by atomic mass is 9.98. The van der Waals surface area contributed by atoms with Gasteiger partial charge in [-0.2, -0.15) is 0 Å². The van der Waals surface area contributed by atoms with E-state index < -0.39 is 36.1 Å². The molecule has 9 heteroatoms. The first-order chi connectivity index (χ1) is 17.9. The van der Waals surface area contributed by atoms with Gasteiger partial charge >= 0.3 is 12.1 Å². The number of nitrogens with one attached hydrogen (secondary N) is 1. The smallest absolute Gasteiger partial charge is 0.410 e. The second-order valence-electron chi connectivity index (χ2n) is 9.91. The van der Waals surface area contributed by atoms with Crippen LogP contribution in [-0.4, -0.2) is 76.6 Å². The van der Waals surface area contributed by atoms with Gasteiger partial charge in [-0.1, -0.05) is 48.5 Å². The molecule has 3 aliphatic rings. The molecule has 0 saturated carbocycles. The highest BCUT2D eigenvalue weighted by molar-refractivity contribution is 5.93. The fraction of sp³-hybridized carbons (Fsp3) is 0.429. The monoisotopic (exact) mass is 505 g/mol. The molecule has 0 bridgehead atoms. The summed E-state index contributed by atoms with van der Waals surface area (Å²) in [6, 6.07) is 13.7. The zero-order valence-corrected chi connectivity index (χ0v) is 20.8. The summed E-state index contributed by atoms with van der Waals surface area (Å²) in [7, 11) is 0. The molecule has 1 aliphatic carbocycles. The number of fused-ring (bicyclic) bond motifs is 3. The van der Waals surface area contributed by atoms with Gasteiger partial charge in [0.15, 0.2) is 0 Å². The third-order valence-corrected chi connectivity index (χ3v) is 7.68. The molecule has 2 N–H and O–H groups in total. The van der Waals surface area contributed by atoms with Crippen molar-refractivity contribution in [3.63, 3.8) is 0 Å². The van der Waals surface area contributed by atoms with E-state index in [9.17, 15) is 19.2 Å². The van der Waals surface area contributed by atoms with Crippen LogP contribution in [0.15, 0.2) is 48.5 Å². The normalized spacial score (nSPS) is 21.3. The fourth-order valence-corrected chi connectivity index (χ4v) is 5.78. The minimum Gasteiger partial charge on any atom is -0.480 e. The van der Waals surface area contributed by atoms with E-state index in [1.54, 1.807) is 0 Å². The summed E-state index contributed by atoms with van der Waals surface area (Å²) in [6.45, 7) is 2.37. The van der Waals surface area contributed by atoms with Crippen LogP contribution in [0.5, 0.6) is 0 Å². The Kier molecular flexibility index (Phi) is 6.86. The molecular weight excluding hydrogens is 474 g/mol.